The first-order valence-corrected chi connectivity index (χ1v) is 6.60. The van der Waals surface area contributed by atoms with Crippen molar-refractivity contribution < 1.29 is 0 Å². The van der Waals surface area contributed by atoms with Gasteiger partial charge in [0.2, 0.25) is 0 Å². The summed E-state index contributed by atoms with van der Waals surface area (Å²) >= 11 is 0. The van der Waals surface area contributed by atoms with Crippen molar-refractivity contribution in [1.29, 1.82) is 0 Å². The second-order valence-corrected chi connectivity index (χ2v) is 6.55. The summed E-state index contributed by atoms with van der Waals surface area (Å²) in [7, 11) is 0. The Balaban J connectivity index is 1.64. The lowest BCUT2D eigenvalue weighted by molar-refractivity contribution is 0.374. The van der Waals surface area contributed by atoms with E-state index < -0.39 is 0 Å². The smallest absolute Gasteiger partial charge is 0.0235 e. The molecule has 0 aromatic rings. The largest absolute Gasteiger partial charge is 0.0651 e. The molecular formula is C14H24. The molecule has 0 spiro atoms. The monoisotopic (exact) mass is 192 g/mol. The molecule has 0 heteroatoms. The minimum absolute atomic E-state index is 0.766. The highest BCUT2D eigenvalue weighted by atomic mass is 14.7. The van der Waals surface area contributed by atoms with Crippen molar-refractivity contribution in [2.24, 2.45) is 40.9 Å². The predicted octanol–water partition coefficient (Wildman–Crippen LogP) is 3.96. The molecule has 80 valence electrons. The highest BCUT2D eigenvalue weighted by Gasteiger charge is 2.69. The van der Waals surface area contributed by atoms with Gasteiger partial charge in [-0.1, -0.05) is 34.1 Å². The van der Waals surface area contributed by atoms with Gasteiger partial charge in [-0.3, -0.25) is 0 Å². The van der Waals surface area contributed by atoms with E-state index in [4.69, 9.17) is 0 Å². The fourth-order valence-corrected chi connectivity index (χ4v) is 4.62. The Morgan fingerprint density at radius 2 is 1.79 bits per heavy atom. The van der Waals surface area contributed by atoms with Crippen LogP contribution in [0.25, 0.3) is 0 Å². The van der Waals surface area contributed by atoms with Gasteiger partial charge in [-0.2, -0.15) is 0 Å². The van der Waals surface area contributed by atoms with Crippen molar-refractivity contribution in [3.8, 4) is 0 Å². The van der Waals surface area contributed by atoms with Crippen molar-refractivity contribution >= 4 is 0 Å². The van der Waals surface area contributed by atoms with Crippen LogP contribution in [0.15, 0.2) is 0 Å². The fourth-order valence-electron chi connectivity index (χ4n) is 4.62. The van der Waals surface area contributed by atoms with E-state index in [2.05, 4.69) is 27.7 Å². The summed E-state index contributed by atoms with van der Waals surface area (Å²) < 4.78 is 0. The summed E-state index contributed by atoms with van der Waals surface area (Å²) in [4.78, 5) is 0. The molecule has 0 N–H and O–H groups in total. The van der Waals surface area contributed by atoms with Gasteiger partial charge in [-0.05, 0) is 53.8 Å². The number of rotatable bonds is 3. The third kappa shape index (κ3) is 1.01. The van der Waals surface area contributed by atoms with Gasteiger partial charge in [0.15, 0.2) is 0 Å². The fraction of sp³-hybridized carbons (Fsp3) is 1.00. The Hall–Kier alpha value is 0. The Kier molecular flexibility index (Phi) is 1.70. The molecule has 0 nitrogen and oxygen atoms in total. The molecule has 14 heavy (non-hydrogen) atoms. The molecule has 3 rings (SSSR count). The first-order valence-electron chi connectivity index (χ1n) is 6.60. The Morgan fingerprint density at radius 3 is 2.21 bits per heavy atom. The Morgan fingerprint density at radius 1 is 1.14 bits per heavy atom. The van der Waals surface area contributed by atoms with Crippen LogP contribution in [0.2, 0.25) is 0 Å². The molecule has 0 radical (unpaired) electrons. The highest BCUT2D eigenvalue weighted by Crippen LogP contribution is 2.75. The van der Waals surface area contributed by atoms with Gasteiger partial charge >= 0.3 is 0 Å². The van der Waals surface area contributed by atoms with Gasteiger partial charge in [-0.15, -0.1) is 0 Å². The molecule has 0 aliphatic heterocycles. The van der Waals surface area contributed by atoms with E-state index in [1.165, 1.54) is 6.42 Å². The van der Waals surface area contributed by atoms with Gasteiger partial charge in [0.1, 0.15) is 0 Å². The van der Waals surface area contributed by atoms with Crippen molar-refractivity contribution in [2.45, 2.75) is 47.0 Å². The molecule has 0 amide bonds. The minimum atomic E-state index is 0.766. The van der Waals surface area contributed by atoms with Crippen LogP contribution in [0, 0.1) is 40.9 Å². The maximum absolute atomic E-state index is 2.57. The summed E-state index contributed by atoms with van der Waals surface area (Å²) in [6, 6.07) is 0. The average Bonchev–Trinajstić information content (AvgIpc) is 2.97. The molecule has 3 aliphatic rings. The first-order chi connectivity index (χ1) is 6.60. The average molecular weight is 192 g/mol. The van der Waals surface area contributed by atoms with Gasteiger partial charge in [0.05, 0.1) is 0 Å². The molecule has 7 atom stereocenters. The number of hydrogen-bond acceptors (Lipinski definition) is 0. The van der Waals surface area contributed by atoms with E-state index >= 15 is 0 Å². The SMILES string of the molecule is CCC1C(C)C1(C)C1CC1C1CC1C. The van der Waals surface area contributed by atoms with Crippen LogP contribution < -0.4 is 0 Å². The molecule has 0 heterocycles. The van der Waals surface area contributed by atoms with Crippen LogP contribution in [0.1, 0.15) is 47.0 Å². The lowest BCUT2D eigenvalue weighted by atomic mass is 9.94. The van der Waals surface area contributed by atoms with Crippen molar-refractivity contribution in [3.63, 3.8) is 0 Å². The second kappa shape index (κ2) is 2.57. The lowest BCUT2D eigenvalue weighted by Gasteiger charge is -2.10. The van der Waals surface area contributed by atoms with Crippen molar-refractivity contribution in [2.75, 3.05) is 0 Å². The van der Waals surface area contributed by atoms with Gasteiger partial charge in [0, 0.05) is 0 Å². The Bertz CT molecular complexity index is 257. The van der Waals surface area contributed by atoms with Gasteiger partial charge < -0.3 is 0 Å². The van der Waals surface area contributed by atoms with Gasteiger partial charge in [0.25, 0.3) is 0 Å². The molecule has 3 fully saturated rings. The minimum Gasteiger partial charge on any atom is -0.0651 e. The Labute approximate surface area is 88.5 Å². The zero-order valence-electron chi connectivity index (χ0n) is 10.1. The van der Waals surface area contributed by atoms with Crippen LogP contribution in [-0.2, 0) is 0 Å². The summed E-state index contributed by atoms with van der Waals surface area (Å²) in [6.07, 6.45) is 4.54. The zero-order chi connectivity index (χ0) is 10.1. The van der Waals surface area contributed by atoms with E-state index in [-0.39, 0.29) is 0 Å². The van der Waals surface area contributed by atoms with Crippen LogP contribution >= 0.6 is 0 Å². The highest BCUT2D eigenvalue weighted by molar-refractivity contribution is 5.17. The molecule has 0 aromatic carbocycles. The van der Waals surface area contributed by atoms with E-state index in [1.807, 2.05) is 0 Å². The normalized spacial score (nSPS) is 65.1. The van der Waals surface area contributed by atoms with E-state index in [0.29, 0.717) is 0 Å². The quantitative estimate of drug-likeness (QED) is 0.635. The molecule has 0 bridgehead atoms. The van der Waals surface area contributed by atoms with Gasteiger partial charge in [-0.25, -0.2) is 0 Å². The van der Waals surface area contributed by atoms with E-state index in [1.54, 1.807) is 12.8 Å². The third-order valence-electron chi connectivity index (χ3n) is 6.07. The van der Waals surface area contributed by atoms with E-state index in [9.17, 15) is 0 Å². The maximum atomic E-state index is 2.57. The molecule has 3 aliphatic carbocycles. The molecule has 7 unspecified atom stereocenters. The van der Waals surface area contributed by atoms with Crippen molar-refractivity contribution in [1.82, 2.24) is 0 Å². The third-order valence-corrected chi connectivity index (χ3v) is 6.07. The summed E-state index contributed by atoms with van der Waals surface area (Å²) in [5, 5.41) is 0. The second-order valence-electron chi connectivity index (χ2n) is 6.55. The van der Waals surface area contributed by atoms with Crippen molar-refractivity contribution in [3.05, 3.63) is 0 Å². The molecule has 3 saturated carbocycles. The molecule has 0 saturated heterocycles. The van der Waals surface area contributed by atoms with E-state index in [0.717, 1.165) is 40.9 Å². The maximum Gasteiger partial charge on any atom is -0.0235 e. The topological polar surface area (TPSA) is 0 Å². The molecular weight excluding hydrogens is 168 g/mol. The first kappa shape index (κ1) is 9.24. The van der Waals surface area contributed by atoms with Crippen LogP contribution in [0.4, 0.5) is 0 Å². The molecule has 0 aromatic heterocycles. The predicted molar refractivity (Wildman–Crippen MR) is 59.9 cm³/mol. The van der Waals surface area contributed by atoms with Crippen LogP contribution in [0.3, 0.4) is 0 Å². The lowest BCUT2D eigenvalue weighted by Crippen LogP contribution is -2.05. The summed E-state index contributed by atoms with van der Waals surface area (Å²) in [5.41, 5.74) is 0.766. The summed E-state index contributed by atoms with van der Waals surface area (Å²) in [6.45, 7) is 9.88. The number of hydrogen-bond donors (Lipinski definition) is 0. The zero-order valence-corrected chi connectivity index (χ0v) is 10.1. The standard InChI is InChI=1S/C14H24/c1-5-12-9(3)14(12,4)13-7-11(13)10-6-8(10)2/h8-13H,5-7H2,1-4H3. The van der Waals surface area contributed by atoms with Crippen LogP contribution in [-0.4, -0.2) is 0 Å². The summed E-state index contributed by atoms with van der Waals surface area (Å²) in [5.74, 6) is 6.57. The van der Waals surface area contributed by atoms with Crippen LogP contribution in [0.5, 0.6) is 0 Å².